The monoisotopic (exact) mass is 178 g/mol. The van der Waals surface area contributed by atoms with Crippen LogP contribution in [0.5, 0.6) is 0 Å². The van der Waals surface area contributed by atoms with Crippen molar-refractivity contribution >= 4 is 17.3 Å². The van der Waals surface area contributed by atoms with Gasteiger partial charge in [-0.1, -0.05) is 12.1 Å². The van der Waals surface area contributed by atoms with Crippen molar-refractivity contribution in [3.05, 3.63) is 24.3 Å². The van der Waals surface area contributed by atoms with Crippen LogP contribution in [0.25, 0.3) is 0 Å². The molecule has 1 aliphatic rings. The third-order valence-corrected chi connectivity index (χ3v) is 2.03. The van der Waals surface area contributed by atoms with Gasteiger partial charge in [0.05, 0.1) is 18.0 Å². The summed E-state index contributed by atoms with van der Waals surface area (Å²) in [5.41, 5.74) is 1.97. The van der Waals surface area contributed by atoms with Crippen LogP contribution in [0.1, 0.15) is 0 Å². The fourth-order valence-corrected chi connectivity index (χ4v) is 1.47. The summed E-state index contributed by atoms with van der Waals surface area (Å²) in [6, 6.07) is 7.69. The predicted octanol–water partition coefficient (Wildman–Crippen LogP) is 0.961. The Morgan fingerprint density at radius 2 is 2.31 bits per heavy atom. The first-order valence-electron chi connectivity index (χ1n) is 4.07. The molecular formula is C9H10N2O2. The Bertz CT molecular complexity index is 338. The predicted molar refractivity (Wildman–Crippen MR) is 49.9 cm³/mol. The van der Waals surface area contributed by atoms with Crippen LogP contribution in [0.2, 0.25) is 0 Å². The Hall–Kier alpha value is -1.71. The van der Waals surface area contributed by atoms with Crippen molar-refractivity contribution in [1.29, 1.82) is 0 Å². The lowest BCUT2D eigenvalue weighted by Crippen LogP contribution is -2.29. The lowest BCUT2D eigenvalue weighted by molar-refractivity contribution is -0.135. The molecule has 0 aliphatic carbocycles. The van der Waals surface area contributed by atoms with E-state index in [0.717, 1.165) is 11.4 Å². The maximum Gasteiger partial charge on any atom is 0.323 e. The van der Waals surface area contributed by atoms with E-state index in [0.29, 0.717) is 6.67 Å². The number of nitrogens with zero attached hydrogens (tertiary/aromatic N) is 1. The zero-order valence-corrected chi connectivity index (χ0v) is 7.03. The van der Waals surface area contributed by atoms with Gasteiger partial charge in [-0.2, -0.15) is 0 Å². The van der Waals surface area contributed by atoms with Crippen LogP contribution in [0.15, 0.2) is 24.3 Å². The third kappa shape index (κ3) is 1.42. The quantitative estimate of drug-likeness (QED) is 0.708. The highest BCUT2D eigenvalue weighted by atomic mass is 16.4. The second kappa shape index (κ2) is 2.97. The second-order valence-corrected chi connectivity index (χ2v) is 2.94. The molecule has 0 saturated carbocycles. The van der Waals surface area contributed by atoms with E-state index in [2.05, 4.69) is 5.32 Å². The molecule has 0 aromatic heterocycles. The van der Waals surface area contributed by atoms with Gasteiger partial charge in [0.25, 0.3) is 0 Å². The van der Waals surface area contributed by atoms with E-state index in [9.17, 15) is 4.79 Å². The Balaban J connectivity index is 2.23. The number of fused-ring (bicyclic) bond motifs is 1. The number of aliphatic carboxylic acids is 1. The number of hydrogen-bond donors (Lipinski definition) is 2. The molecule has 1 heterocycles. The lowest BCUT2D eigenvalue weighted by atomic mass is 10.3. The molecule has 0 unspecified atom stereocenters. The van der Waals surface area contributed by atoms with Gasteiger partial charge in [0, 0.05) is 0 Å². The molecule has 4 heteroatoms. The largest absolute Gasteiger partial charge is 0.480 e. The molecule has 1 aromatic carbocycles. The third-order valence-electron chi connectivity index (χ3n) is 2.03. The molecule has 0 saturated heterocycles. The summed E-state index contributed by atoms with van der Waals surface area (Å²) in [6.45, 7) is 0.621. The summed E-state index contributed by atoms with van der Waals surface area (Å²) >= 11 is 0. The molecule has 1 aromatic rings. The van der Waals surface area contributed by atoms with Crippen LogP contribution in [0.3, 0.4) is 0 Å². The zero-order chi connectivity index (χ0) is 9.26. The van der Waals surface area contributed by atoms with Crippen LogP contribution in [0, 0.1) is 0 Å². The van der Waals surface area contributed by atoms with Crippen molar-refractivity contribution in [2.75, 3.05) is 23.4 Å². The fourth-order valence-electron chi connectivity index (χ4n) is 1.47. The van der Waals surface area contributed by atoms with Gasteiger partial charge >= 0.3 is 5.97 Å². The van der Waals surface area contributed by atoms with Crippen LogP contribution in [-0.2, 0) is 4.79 Å². The van der Waals surface area contributed by atoms with Gasteiger partial charge in [-0.25, -0.2) is 0 Å². The van der Waals surface area contributed by atoms with Crippen molar-refractivity contribution < 1.29 is 9.90 Å². The molecule has 13 heavy (non-hydrogen) atoms. The highest BCUT2D eigenvalue weighted by Crippen LogP contribution is 2.29. The molecule has 4 nitrogen and oxygen atoms in total. The van der Waals surface area contributed by atoms with E-state index in [-0.39, 0.29) is 6.54 Å². The number of benzene rings is 1. The molecule has 0 spiro atoms. The number of carbonyl (C=O) groups is 1. The Morgan fingerprint density at radius 3 is 3.08 bits per heavy atom. The van der Waals surface area contributed by atoms with Gasteiger partial charge < -0.3 is 15.3 Å². The first kappa shape index (κ1) is 7.91. The van der Waals surface area contributed by atoms with E-state index in [1.807, 2.05) is 24.3 Å². The molecular weight excluding hydrogens is 168 g/mol. The molecule has 0 atom stereocenters. The minimum Gasteiger partial charge on any atom is -0.480 e. The summed E-state index contributed by atoms with van der Waals surface area (Å²) in [5.74, 6) is -0.807. The fraction of sp³-hybridized carbons (Fsp3) is 0.222. The molecule has 68 valence electrons. The normalized spacial score (nSPS) is 13.7. The SMILES string of the molecule is O=C(O)CN1CNc2ccccc21. The van der Waals surface area contributed by atoms with Crippen molar-refractivity contribution in [3.8, 4) is 0 Å². The van der Waals surface area contributed by atoms with Crippen LogP contribution >= 0.6 is 0 Å². The maximum absolute atomic E-state index is 10.5. The summed E-state index contributed by atoms with van der Waals surface area (Å²) in [7, 11) is 0. The molecule has 0 fully saturated rings. The van der Waals surface area contributed by atoms with Crippen LogP contribution in [-0.4, -0.2) is 24.3 Å². The van der Waals surface area contributed by atoms with Crippen molar-refractivity contribution in [2.24, 2.45) is 0 Å². The number of carboxylic acids is 1. The van der Waals surface area contributed by atoms with Gasteiger partial charge in [0.15, 0.2) is 0 Å². The molecule has 2 rings (SSSR count). The van der Waals surface area contributed by atoms with E-state index < -0.39 is 5.97 Å². The Morgan fingerprint density at radius 1 is 1.54 bits per heavy atom. The molecule has 0 amide bonds. The van der Waals surface area contributed by atoms with Gasteiger partial charge in [-0.15, -0.1) is 0 Å². The van der Waals surface area contributed by atoms with Gasteiger partial charge in [0.1, 0.15) is 6.54 Å². The van der Waals surface area contributed by atoms with E-state index in [4.69, 9.17) is 5.11 Å². The number of carboxylic acid groups (broad SMARTS) is 1. The standard InChI is InChI=1S/C9H10N2O2/c12-9(13)5-11-6-10-7-3-1-2-4-8(7)11/h1-4,10H,5-6H2,(H,12,13). The summed E-state index contributed by atoms with van der Waals surface area (Å²) < 4.78 is 0. The number of para-hydroxylation sites is 2. The second-order valence-electron chi connectivity index (χ2n) is 2.94. The molecule has 0 radical (unpaired) electrons. The molecule has 1 aliphatic heterocycles. The van der Waals surface area contributed by atoms with Crippen molar-refractivity contribution in [3.63, 3.8) is 0 Å². The number of hydrogen-bond acceptors (Lipinski definition) is 3. The van der Waals surface area contributed by atoms with E-state index >= 15 is 0 Å². The average Bonchev–Trinajstić information content (AvgIpc) is 2.48. The topological polar surface area (TPSA) is 52.6 Å². The van der Waals surface area contributed by atoms with Crippen LogP contribution in [0.4, 0.5) is 11.4 Å². The minimum absolute atomic E-state index is 0.0456. The van der Waals surface area contributed by atoms with Gasteiger partial charge in [-0.3, -0.25) is 4.79 Å². The zero-order valence-electron chi connectivity index (χ0n) is 7.03. The smallest absolute Gasteiger partial charge is 0.323 e. The van der Waals surface area contributed by atoms with Crippen molar-refractivity contribution in [2.45, 2.75) is 0 Å². The summed E-state index contributed by atoms with van der Waals surface area (Å²) in [5, 5.41) is 11.7. The summed E-state index contributed by atoms with van der Waals surface area (Å²) in [4.78, 5) is 12.3. The summed E-state index contributed by atoms with van der Waals surface area (Å²) in [6.07, 6.45) is 0. The maximum atomic E-state index is 10.5. The van der Waals surface area contributed by atoms with E-state index in [1.54, 1.807) is 4.90 Å². The molecule has 0 bridgehead atoms. The van der Waals surface area contributed by atoms with Crippen molar-refractivity contribution in [1.82, 2.24) is 0 Å². The number of anilines is 2. The first-order valence-corrected chi connectivity index (χ1v) is 4.07. The molecule has 2 N–H and O–H groups in total. The first-order chi connectivity index (χ1) is 6.27. The number of rotatable bonds is 2. The van der Waals surface area contributed by atoms with Crippen LogP contribution < -0.4 is 10.2 Å². The van der Waals surface area contributed by atoms with Gasteiger partial charge in [-0.05, 0) is 12.1 Å². The Kier molecular flexibility index (Phi) is 1.81. The highest BCUT2D eigenvalue weighted by Gasteiger charge is 2.18. The van der Waals surface area contributed by atoms with Gasteiger partial charge in [0.2, 0.25) is 0 Å². The highest BCUT2D eigenvalue weighted by molar-refractivity contribution is 5.81. The van der Waals surface area contributed by atoms with E-state index in [1.165, 1.54) is 0 Å². The lowest BCUT2D eigenvalue weighted by Gasteiger charge is -2.14. The Labute approximate surface area is 75.8 Å². The minimum atomic E-state index is -0.807. The number of nitrogens with one attached hydrogen (secondary N) is 1. The average molecular weight is 178 g/mol.